The highest BCUT2D eigenvalue weighted by Crippen LogP contribution is 2.25. The molecule has 2 aliphatic rings. The predicted molar refractivity (Wildman–Crippen MR) is 73.6 cm³/mol. The van der Waals surface area contributed by atoms with Crippen LogP contribution in [0.3, 0.4) is 0 Å². The summed E-state index contributed by atoms with van der Waals surface area (Å²) in [4.78, 5) is 28.8. The predicted octanol–water partition coefficient (Wildman–Crippen LogP) is 0.452. The molecular formula is C14H25N3O2. The first-order chi connectivity index (χ1) is 8.91. The van der Waals surface area contributed by atoms with Crippen molar-refractivity contribution >= 4 is 11.8 Å². The van der Waals surface area contributed by atoms with E-state index in [-0.39, 0.29) is 35.9 Å². The fourth-order valence-electron chi connectivity index (χ4n) is 3.15. The molecule has 2 aliphatic heterocycles. The third-order valence-electron chi connectivity index (χ3n) is 4.26. The highest BCUT2D eigenvalue weighted by atomic mass is 16.2. The molecule has 5 heteroatoms. The van der Waals surface area contributed by atoms with E-state index in [1.165, 1.54) is 0 Å². The van der Waals surface area contributed by atoms with Gasteiger partial charge >= 0.3 is 0 Å². The molecule has 2 amide bonds. The van der Waals surface area contributed by atoms with Gasteiger partial charge in [-0.2, -0.15) is 0 Å². The number of likely N-dealkylation sites (tertiary alicyclic amines) is 1. The number of rotatable bonds is 2. The first-order valence-corrected chi connectivity index (χ1v) is 7.23. The van der Waals surface area contributed by atoms with Gasteiger partial charge in [-0.05, 0) is 45.8 Å². The van der Waals surface area contributed by atoms with Crippen molar-refractivity contribution in [1.29, 1.82) is 0 Å². The van der Waals surface area contributed by atoms with Gasteiger partial charge in [0, 0.05) is 6.04 Å². The molecule has 2 fully saturated rings. The number of piperidine rings is 1. The molecule has 0 spiro atoms. The highest BCUT2D eigenvalue weighted by Gasteiger charge is 2.43. The second-order valence-corrected chi connectivity index (χ2v) is 6.20. The van der Waals surface area contributed by atoms with Gasteiger partial charge in [0.05, 0.1) is 0 Å². The zero-order chi connectivity index (χ0) is 14.2. The lowest BCUT2D eigenvalue weighted by Gasteiger charge is -2.46. The zero-order valence-corrected chi connectivity index (χ0v) is 12.3. The van der Waals surface area contributed by atoms with Crippen molar-refractivity contribution in [3.05, 3.63) is 0 Å². The molecule has 1 N–H and O–H groups in total. The molecule has 0 aliphatic carbocycles. The minimum Gasteiger partial charge on any atom is -0.343 e. The van der Waals surface area contributed by atoms with Crippen LogP contribution in [0.5, 0.6) is 0 Å². The quantitative estimate of drug-likeness (QED) is 0.790. The van der Waals surface area contributed by atoms with Crippen molar-refractivity contribution in [2.45, 2.75) is 51.7 Å². The summed E-state index contributed by atoms with van der Waals surface area (Å²) in [7, 11) is 2.10. The number of carbonyl (C=O) groups excluding carboxylic acids is 2. The van der Waals surface area contributed by atoms with Gasteiger partial charge in [0.1, 0.15) is 12.1 Å². The van der Waals surface area contributed by atoms with Crippen LogP contribution in [0.4, 0.5) is 0 Å². The van der Waals surface area contributed by atoms with Crippen molar-refractivity contribution < 1.29 is 9.59 Å². The van der Waals surface area contributed by atoms with Crippen LogP contribution in [0.15, 0.2) is 0 Å². The van der Waals surface area contributed by atoms with E-state index >= 15 is 0 Å². The number of amides is 2. The monoisotopic (exact) mass is 267 g/mol. The molecule has 2 saturated heterocycles. The van der Waals surface area contributed by atoms with Gasteiger partial charge in [-0.25, -0.2) is 0 Å². The standard InChI is InChI=1S/C14H25N3O2/c1-9(2)12-13(18)15-10(3)14(19)17(12)11-5-7-16(4)8-6-11/h9-12H,5-8H2,1-4H3,(H,15,18). The van der Waals surface area contributed by atoms with Crippen LogP contribution in [-0.2, 0) is 9.59 Å². The summed E-state index contributed by atoms with van der Waals surface area (Å²) in [5.74, 6) is 0.227. The molecule has 19 heavy (non-hydrogen) atoms. The Bertz CT molecular complexity index is 362. The lowest BCUT2D eigenvalue weighted by Crippen LogP contribution is -2.67. The fourth-order valence-corrected chi connectivity index (χ4v) is 3.15. The number of carbonyl (C=O) groups is 2. The molecule has 2 heterocycles. The lowest BCUT2D eigenvalue weighted by atomic mass is 9.92. The summed E-state index contributed by atoms with van der Waals surface area (Å²) in [5, 5.41) is 2.80. The fraction of sp³-hybridized carbons (Fsp3) is 0.857. The summed E-state index contributed by atoms with van der Waals surface area (Å²) in [6, 6.07) is -0.483. The van der Waals surface area contributed by atoms with Crippen LogP contribution in [0.25, 0.3) is 0 Å². The normalized spacial score (nSPS) is 30.9. The lowest BCUT2D eigenvalue weighted by molar-refractivity contribution is -0.154. The van der Waals surface area contributed by atoms with Crippen LogP contribution in [0.2, 0.25) is 0 Å². The topological polar surface area (TPSA) is 52.7 Å². The van der Waals surface area contributed by atoms with Gasteiger partial charge in [-0.15, -0.1) is 0 Å². The maximum Gasteiger partial charge on any atom is 0.245 e. The van der Waals surface area contributed by atoms with Crippen LogP contribution in [0.1, 0.15) is 33.6 Å². The summed E-state index contributed by atoms with van der Waals surface area (Å²) in [6.07, 6.45) is 1.93. The van der Waals surface area contributed by atoms with E-state index in [1.54, 1.807) is 6.92 Å². The van der Waals surface area contributed by atoms with Gasteiger partial charge in [-0.3, -0.25) is 9.59 Å². The van der Waals surface area contributed by atoms with Crippen molar-refractivity contribution in [1.82, 2.24) is 15.1 Å². The number of hydrogen-bond donors (Lipinski definition) is 1. The number of piperazine rings is 1. The Balaban J connectivity index is 2.21. The molecule has 0 aromatic heterocycles. The highest BCUT2D eigenvalue weighted by molar-refractivity contribution is 5.97. The molecule has 2 rings (SSSR count). The van der Waals surface area contributed by atoms with Crippen LogP contribution in [-0.4, -0.2) is 59.9 Å². The first-order valence-electron chi connectivity index (χ1n) is 7.23. The van der Waals surface area contributed by atoms with Gasteiger partial charge < -0.3 is 15.1 Å². The minimum atomic E-state index is -0.387. The first kappa shape index (κ1) is 14.3. The number of nitrogens with one attached hydrogen (secondary N) is 1. The largest absolute Gasteiger partial charge is 0.343 e. The van der Waals surface area contributed by atoms with E-state index < -0.39 is 0 Å². The molecule has 2 unspecified atom stereocenters. The average molecular weight is 267 g/mol. The summed E-state index contributed by atoms with van der Waals surface area (Å²) < 4.78 is 0. The second kappa shape index (κ2) is 5.49. The Hall–Kier alpha value is -1.10. The number of hydrogen-bond acceptors (Lipinski definition) is 3. The molecule has 2 atom stereocenters. The third kappa shape index (κ3) is 2.76. The zero-order valence-electron chi connectivity index (χ0n) is 12.3. The maximum absolute atomic E-state index is 12.5. The van der Waals surface area contributed by atoms with Gasteiger partial charge in [-0.1, -0.05) is 13.8 Å². The molecule has 108 valence electrons. The molecule has 0 bridgehead atoms. The van der Waals surface area contributed by atoms with E-state index in [9.17, 15) is 9.59 Å². The number of nitrogens with zero attached hydrogens (tertiary/aromatic N) is 2. The molecule has 0 aromatic rings. The summed E-state index contributed by atoms with van der Waals surface area (Å²) in [5.41, 5.74) is 0. The third-order valence-corrected chi connectivity index (χ3v) is 4.26. The van der Waals surface area contributed by atoms with E-state index in [0.717, 1.165) is 25.9 Å². The van der Waals surface area contributed by atoms with E-state index in [0.29, 0.717) is 0 Å². The Labute approximate surface area is 115 Å². The van der Waals surface area contributed by atoms with Gasteiger partial charge in [0.2, 0.25) is 11.8 Å². The molecular weight excluding hydrogens is 242 g/mol. The smallest absolute Gasteiger partial charge is 0.245 e. The van der Waals surface area contributed by atoms with Gasteiger partial charge in [0.25, 0.3) is 0 Å². The van der Waals surface area contributed by atoms with Crippen molar-refractivity contribution in [2.24, 2.45) is 5.92 Å². The van der Waals surface area contributed by atoms with Gasteiger partial charge in [0.15, 0.2) is 0 Å². The maximum atomic E-state index is 12.5. The van der Waals surface area contributed by atoms with Crippen LogP contribution < -0.4 is 5.32 Å². The SMILES string of the molecule is CC1NC(=O)C(C(C)C)N(C2CCN(C)CC2)C1=O. The molecule has 0 saturated carbocycles. The molecule has 0 aromatic carbocycles. The summed E-state index contributed by atoms with van der Waals surface area (Å²) >= 11 is 0. The summed E-state index contributed by atoms with van der Waals surface area (Å²) in [6.45, 7) is 7.79. The Morgan fingerprint density at radius 1 is 1.21 bits per heavy atom. The average Bonchev–Trinajstić information content (AvgIpc) is 2.34. The van der Waals surface area contributed by atoms with E-state index in [1.807, 2.05) is 18.7 Å². The Morgan fingerprint density at radius 3 is 2.32 bits per heavy atom. The Kier molecular flexibility index (Phi) is 4.13. The van der Waals surface area contributed by atoms with Crippen LogP contribution in [0, 0.1) is 5.92 Å². The second-order valence-electron chi connectivity index (χ2n) is 6.20. The van der Waals surface area contributed by atoms with Crippen molar-refractivity contribution in [2.75, 3.05) is 20.1 Å². The molecule has 0 radical (unpaired) electrons. The van der Waals surface area contributed by atoms with E-state index in [4.69, 9.17) is 0 Å². The van der Waals surface area contributed by atoms with Crippen LogP contribution >= 0.6 is 0 Å². The van der Waals surface area contributed by atoms with Crippen molar-refractivity contribution in [3.63, 3.8) is 0 Å². The van der Waals surface area contributed by atoms with Crippen molar-refractivity contribution in [3.8, 4) is 0 Å². The molecule has 5 nitrogen and oxygen atoms in total. The Morgan fingerprint density at radius 2 is 1.79 bits per heavy atom. The van der Waals surface area contributed by atoms with E-state index in [2.05, 4.69) is 17.3 Å². The minimum absolute atomic E-state index is 0.000952.